The molecule has 2 heteroatoms. The molecule has 4 aliphatic carbocycles. The van der Waals surface area contributed by atoms with Crippen molar-refractivity contribution < 1.29 is 5.11 Å². The highest BCUT2D eigenvalue weighted by Crippen LogP contribution is 2.71. The van der Waals surface area contributed by atoms with Gasteiger partial charge < -0.3 is 5.11 Å². The van der Waals surface area contributed by atoms with Gasteiger partial charge in [0.05, 0.1) is 6.10 Å². The van der Waals surface area contributed by atoms with E-state index >= 15 is 0 Å². The van der Waals surface area contributed by atoms with Gasteiger partial charge in [0.1, 0.15) is 0 Å². The van der Waals surface area contributed by atoms with E-state index in [1.165, 1.54) is 50.7 Å². The van der Waals surface area contributed by atoms with E-state index in [0.29, 0.717) is 10.2 Å². The van der Waals surface area contributed by atoms with Crippen LogP contribution in [0.3, 0.4) is 0 Å². The highest BCUT2D eigenvalue weighted by atomic mass is 32.2. The normalized spacial score (nSPS) is 64.2. The number of hydrogen-bond donors (Lipinski definition) is 1. The van der Waals surface area contributed by atoms with E-state index in [2.05, 4.69) is 32.5 Å². The summed E-state index contributed by atoms with van der Waals surface area (Å²) in [4.78, 5) is 0. The number of aliphatic hydroxyl groups excluding tert-OH is 1. The van der Waals surface area contributed by atoms with Gasteiger partial charge >= 0.3 is 0 Å². The Hall–Kier alpha value is 0.310. The molecule has 130 valence electrons. The lowest BCUT2D eigenvalue weighted by molar-refractivity contribution is -0.129. The Morgan fingerprint density at radius 2 is 1.65 bits per heavy atom. The molecule has 1 spiro atoms. The van der Waals surface area contributed by atoms with E-state index in [-0.39, 0.29) is 11.5 Å². The topological polar surface area (TPSA) is 20.2 Å². The minimum absolute atomic E-state index is 0.0182. The van der Waals surface area contributed by atoms with Gasteiger partial charge in [-0.1, -0.05) is 20.8 Å². The van der Waals surface area contributed by atoms with Crippen LogP contribution in [-0.2, 0) is 0 Å². The van der Waals surface area contributed by atoms with Gasteiger partial charge in [-0.05, 0) is 91.8 Å². The maximum atomic E-state index is 10.6. The van der Waals surface area contributed by atoms with Crippen molar-refractivity contribution >= 4 is 11.8 Å². The Kier molecular flexibility index (Phi) is 3.20. The van der Waals surface area contributed by atoms with Gasteiger partial charge in [0.15, 0.2) is 0 Å². The van der Waals surface area contributed by atoms with E-state index in [1.54, 1.807) is 0 Å². The first-order valence-electron chi connectivity index (χ1n) is 10.2. The predicted molar refractivity (Wildman–Crippen MR) is 97.5 cm³/mol. The molecular weight excluding hydrogens is 300 g/mol. The number of thioether (sulfide) groups is 1. The summed E-state index contributed by atoms with van der Waals surface area (Å²) in [6.45, 7) is 7.65. The van der Waals surface area contributed by atoms with E-state index < -0.39 is 0 Å². The summed E-state index contributed by atoms with van der Waals surface area (Å²) in [5, 5.41) is 10.6. The maximum absolute atomic E-state index is 10.6. The van der Waals surface area contributed by atoms with Gasteiger partial charge in [-0.2, -0.15) is 11.8 Å². The fourth-order valence-electron chi connectivity index (χ4n) is 8.12. The first-order valence-corrected chi connectivity index (χ1v) is 11.2. The molecule has 0 amide bonds. The molecular formula is C21H34OS. The van der Waals surface area contributed by atoms with Gasteiger partial charge in [-0.15, -0.1) is 0 Å². The van der Waals surface area contributed by atoms with E-state index in [9.17, 15) is 5.11 Å². The average molecular weight is 335 g/mol. The first-order chi connectivity index (χ1) is 10.9. The molecule has 9 atom stereocenters. The average Bonchev–Trinajstić information content (AvgIpc) is 3.22. The molecule has 0 aromatic rings. The van der Waals surface area contributed by atoms with Crippen LogP contribution in [0.5, 0.6) is 0 Å². The van der Waals surface area contributed by atoms with Crippen LogP contribution in [0.1, 0.15) is 72.1 Å². The molecule has 1 aliphatic heterocycles. The Balaban J connectivity index is 1.45. The van der Waals surface area contributed by atoms with Gasteiger partial charge in [0.25, 0.3) is 0 Å². The van der Waals surface area contributed by atoms with Crippen molar-refractivity contribution in [2.75, 3.05) is 5.75 Å². The second-order valence-corrected chi connectivity index (χ2v) is 11.8. The molecule has 5 aliphatic rings. The van der Waals surface area contributed by atoms with Crippen LogP contribution in [0, 0.1) is 40.4 Å². The molecule has 0 bridgehead atoms. The molecule has 0 radical (unpaired) electrons. The van der Waals surface area contributed by atoms with E-state index in [4.69, 9.17) is 0 Å². The zero-order valence-corrected chi connectivity index (χ0v) is 16.0. The fourth-order valence-corrected chi connectivity index (χ4v) is 9.39. The monoisotopic (exact) mass is 334 g/mol. The molecule has 23 heavy (non-hydrogen) atoms. The third kappa shape index (κ3) is 1.92. The Labute approximate surface area is 146 Å². The Morgan fingerprint density at radius 1 is 0.913 bits per heavy atom. The minimum Gasteiger partial charge on any atom is -0.393 e. The highest BCUT2D eigenvalue weighted by Gasteiger charge is 2.64. The van der Waals surface area contributed by atoms with Gasteiger partial charge in [0.2, 0.25) is 0 Å². The van der Waals surface area contributed by atoms with Crippen LogP contribution in [0.15, 0.2) is 0 Å². The predicted octanol–water partition coefficient (Wildman–Crippen LogP) is 5.12. The summed E-state index contributed by atoms with van der Waals surface area (Å²) in [6, 6.07) is 0. The van der Waals surface area contributed by atoms with Crippen molar-refractivity contribution in [2.45, 2.75) is 83.0 Å². The molecule has 5 rings (SSSR count). The lowest BCUT2D eigenvalue weighted by Gasteiger charge is -2.62. The summed E-state index contributed by atoms with van der Waals surface area (Å²) in [5.41, 5.74) is 0.851. The summed E-state index contributed by atoms with van der Waals surface area (Å²) < 4.78 is 0.698. The minimum atomic E-state index is -0.0182. The van der Waals surface area contributed by atoms with Crippen molar-refractivity contribution in [3.63, 3.8) is 0 Å². The van der Waals surface area contributed by atoms with Crippen molar-refractivity contribution in [1.82, 2.24) is 0 Å². The number of hydrogen-bond acceptors (Lipinski definition) is 2. The third-order valence-corrected chi connectivity index (χ3v) is 11.4. The Bertz CT molecular complexity index is 514. The number of aliphatic hydroxyl groups is 1. The zero-order valence-electron chi connectivity index (χ0n) is 15.2. The highest BCUT2D eigenvalue weighted by molar-refractivity contribution is 8.07. The van der Waals surface area contributed by atoms with E-state index in [0.717, 1.165) is 36.0 Å². The molecule has 0 unspecified atom stereocenters. The quantitative estimate of drug-likeness (QED) is 0.620. The van der Waals surface area contributed by atoms with Crippen LogP contribution >= 0.6 is 11.8 Å². The zero-order chi connectivity index (χ0) is 16.0. The van der Waals surface area contributed by atoms with Gasteiger partial charge in [-0.3, -0.25) is 0 Å². The standard InChI is InChI=1S/C21H34OS/c1-13-10-20(3)14(11-21(13)12-23-21)4-5-15-16-6-7-18(22)19(16,2)9-8-17(15)20/h13-18,22H,4-12H2,1-3H3/t13-,14-,15-,16+,17+,18+,19+,20+,21+/m1/s1. The second-order valence-electron chi connectivity index (χ2n) is 10.5. The van der Waals surface area contributed by atoms with Crippen molar-refractivity contribution in [1.29, 1.82) is 0 Å². The van der Waals surface area contributed by atoms with Gasteiger partial charge in [-0.25, -0.2) is 0 Å². The largest absolute Gasteiger partial charge is 0.393 e. The van der Waals surface area contributed by atoms with Crippen molar-refractivity contribution in [2.24, 2.45) is 40.4 Å². The maximum Gasteiger partial charge on any atom is 0.0596 e. The van der Waals surface area contributed by atoms with Crippen LogP contribution in [0.25, 0.3) is 0 Å². The molecule has 0 aromatic carbocycles. The summed E-state index contributed by atoms with van der Waals surface area (Å²) in [7, 11) is 0. The summed E-state index contributed by atoms with van der Waals surface area (Å²) >= 11 is 2.27. The first kappa shape index (κ1) is 15.6. The fraction of sp³-hybridized carbons (Fsp3) is 1.00. The van der Waals surface area contributed by atoms with Crippen LogP contribution in [0.4, 0.5) is 0 Å². The molecule has 1 saturated heterocycles. The molecule has 1 N–H and O–H groups in total. The smallest absolute Gasteiger partial charge is 0.0596 e. The SMILES string of the molecule is C[C@@H]1C[C@@]2(C)[C@H](CC[C@H]3[C@@H]2CC[C@]2(C)[C@@H](O)CC[C@@H]32)C[C@]12CS2. The summed E-state index contributed by atoms with van der Waals surface area (Å²) in [5.74, 6) is 6.05. The second kappa shape index (κ2) is 4.72. The van der Waals surface area contributed by atoms with Crippen LogP contribution in [0.2, 0.25) is 0 Å². The number of fused-ring (bicyclic) bond motifs is 5. The molecule has 0 aromatic heterocycles. The molecule has 4 saturated carbocycles. The van der Waals surface area contributed by atoms with E-state index in [1.807, 2.05) is 0 Å². The Morgan fingerprint density at radius 3 is 2.39 bits per heavy atom. The van der Waals surface area contributed by atoms with Crippen molar-refractivity contribution in [3.8, 4) is 0 Å². The lowest BCUT2D eigenvalue weighted by atomic mass is 9.43. The third-order valence-electron chi connectivity index (χ3n) is 9.77. The van der Waals surface area contributed by atoms with Crippen molar-refractivity contribution in [3.05, 3.63) is 0 Å². The molecule has 1 nitrogen and oxygen atoms in total. The van der Waals surface area contributed by atoms with Gasteiger partial charge in [0, 0.05) is 10.5 Å². The summed E-state index contributed by atoms with van der Waals surface area (Å²) in [6.07, 6.45) is 11.0. The lowest BCUT2D eigenvalue weighted by Crippen LogP contribution is -2.56. The molecule has 1 heterocycles. The van der Waals surface area contributed by atoms with Crippen LogP contribution in [-0.4, -0.2) is 21.7 Å². The number of rotatable bonds is 0. The van der Waals surface area contributed by atoms with Crippen LogP contribution < -0.4 is 0 Å². The molecule has 5 fully saturated rings.